The highest BCUT2D eigenvalue weighted by Crippen LogP contribution is 2.22. The van der Waals surface area contributed by atoms with Crippen LogP contribution in [0.25, 0.3) is 0 Å². The normalized spacial score (nSPS) is 15.5. The SMILES string of the molecule is Cc1ccc(C(=O)N2CCN(S(=O)(=O)c3cccnc3)CC2)cc1[N+](=O)[O-]. The molecule has 0 atom stereocenters. The fourth-order valence-electron chi connectivity index (χ4n) is 2.90. The third-order valence-electron chi connectivity index (χ3n) is 4.45. The van der Waals surface area contributed by atoms with Crippen molar-refractivity contribution in [3.05, 3.63) is 64.0 Å². The molecule has 1 aromatic carbocycles. The highest BCUT2D eigenvalue weighted by Gasteiger charge is 2.31. The lowest BCUT2D eigenvalue weighted by atomic mass is 10.1. The molecule has 0 aliphatic carbocycles. The number of carbonyl (C=O) groups excluding carboxylic acids is 1. The third-order valence-corrected chi connectivity index (χ3v) is 6.33. The molecule has 0 unspecified atom stereocenters. The van der Waals surface area contributed by atoms with Crippen molar-refractivity contribution in [2.24, 2.45) is 0 Å². The first-order valence-electron chi connectivity index (χ1n) is 8.25. The van der Waals surface area contributed by atoms with Crippen LogP contribution in [0.3, 0.4) is 0 Å². The van der Waals surface area contributed by atoms with Crippen molar-refractivity contribution in [3.63, 3.8) is 0 Å². The van der Waals surface area contributed by atoms with E-state index >= 15 is 0 Å². The Morgan fingerprint density at radius 3 is 2.48 bits per heavy atom. The van der Waals surface area contributed by atoms with Crippen LogP contribution >= 0.6 is 0 Å². The smallest absolute Gasteiger partial charge is 0.273 e. The molecule has 27 heavy (non-hydrogen) atoms. The van der Waals surface area contributed by atoms with Crippen LogP contribution in [0.15, 0.2) is 47.6 Å². The quantitative estimate of drug-likeness (QED) is 0.577. The number of pyridine rings is 1. The van der Waals surface area contributed by atoms with E-state index in [9.17, 15) is 23.3 Å². The fraction of sp³-hybridized carbons (Fsp3) is 0.294. The van der Waals surface area contributed by atoms with Crippen molar-refractivity contribution in [2.45, 2.75) is 11.8 Å². The Morgan fingerprint density at radius 2 is 1.89 bits per heavy atom. The van der Waals surface area contributed by atoms with Crippen LogP contribution in [-0.4, -0.2) is 59.6 Å². The molecule has 1 saturated heterocycles. The maximum atomic E-state index is 12.6. The summed E-state index contributed by atoms with van der Waals surface area (Å²) in [5.41, 5.74) is 0.582. The summed E-state index contributed by atoms with van der Waals surface area (Å²) in [6.07, 6.45) is 2.79. The van der Waals surface area contributed by atoms with Gasteiger partial charge in [0.1, 0.15) is 4.90 Å². The number of carbonyl (C=O) groups is 1. The molecular formula is C17H18N4O5S. The summed E-state index contributed by atoms with van der Waals surface area (Å²) in [5.74, 6) is -0.350. The van der Waals surface area contributed by atoms with Gasteiger partial charge in [-0.2, -0.15) is 4.31 Å². The minimum absolute atomic E-state index is 0.110. The fourth-order valence-corrected chi connectivity index (χ4v) is 4.29. The molecule has 0 saturated carbocycles. The number of hydrogen-bond donors (Lipinski definition) is 0. The second-order valence-corrected chi connectivity index (χ2v) is 8.08. The first-order chi connectivity index (χ1) is 12.8. The zero-order valence-corrected chi connectivity index (χ0v) is 15.4. The molecule has 1 amide bonds. The summed E-state index contributed by atoms with van der Waals surface area (Å²) in [6, 6.07) is 7.37. The highest BCUT2D eigenvalue weighted by molar-refractivity contribution is 7.89. The van der Waals surface area contributed by atoms with E-state index in [-0.39, 0.29) is 48.2 Å². The number of benzene rings is 1. The summed E-state index contributed by atoms with van der Waals surface area (Å²) < 4.78 is 26.5. The number of nitro benzene ring substituents is 1. The average molecular weight is 390 g/mol. The van der Waals surface area contributed by atoms with Gasteiger partial charge in [-0.25, -0.2) is 8.42 Å². The Hall–Kier alpha value is -2.85. The van der Waals surface area contributed by atoms with Crippen molar-refractivity contribution in [3.8, 4) is 0 Å². The number of sulfonamides is 1. The summed E-state index contributed by atoms with van der Waals surface area (Å²) >= 11 is 0. The summed E-state index contributed by atoms with van der Waals surface area (Å²) in [5, 5.41) is 11.1. The molecule has 0 radical (unpaired) electrons. The van der Waals surface area contributed by atoms with Gasteiger partial charge in [-0.3, -0.25) is 19.9 Å². The second kappa shape index (κ2) is 7.41. The zero-order valence-electron chi connectivity index (χ0n) is 14.6. The van der Waals surface area contributed by atoms with Crippen LogP contribution in [0.5, 0.6) is 0 Å². The first-order valence-corrected chi connectivity index (χ1v) is 9.69. The monoisotopic (exact) mass is 390 g/mol. The van der Waals surface area contributed by atoms with Gasteiger partial charge < -0.3 is 4.90 Å². The molecule has 0 spiro atoms. The number of rotatable bonds is 4. The van der Waals surface area contributed by atoms with Gasteiger partial charge in [0, 0.05) is 55.8 Å². The Balaban J connectivity index is 1.72. The van der Waals surface area contributed by atoms with Crippen molar-refractivity contribution in [2.75, 3.05) is 26.2 Å². The average Bonchev–Trinajstić information content (AvgIpc) is 2.68. The van der Waals surface area contributed by atoms with Crippen molar-refractivity contribution < 1.29 is 18.1 Å². The number of amides is 1. The number of aromatic nitrogens is 1. The summed E-state index contributed by atoms with van der Waals surface area (Å²) in [4.78, 5) is 28.6. The van der Waals surface area contributed by atoms with Gasteiger partial charge >= 0.3 is 0 Å². The number of aryl methyl sites for hydroxylation is 1. The summed E-state index contributed by atoms with van der Waals surface area (Å²) in [7, 11) is -3.66. The predicted molar refractivity (Wildman–Crippen MR) is 96.7 cm³/mol. The topological polar surface area (TPSA) is 114 Å². The minimum Gasteiger partial charge on any atom is -0.336 e. The second-order valence-electron chi connectivity index (χ2n) is 6.14. The Kier molecular flexibility index (Phi) is 5.19. The van der Waals surface area contributed by atoms with Crippen molar-refractivity contribution in [1.29, 1.82) is 0 Å². The lowest BCUT2D eigenvalue weighted by molar-refractivity contribution is -0.385. The number of piperazine rings is 1. The zero-order chi connectivity index (χ0) is 19.6. The Labute approximate surface area is 156 Å². The molecule has 1 aliphatic heterocycles. The van der Waals surface area contributed by atoms with E-state index in [4.69, 9.17) is 0 Å². The van der Waals surface area contributed by atoms with Gasteiger partial charge in [0.15, 0.2) is 0 Å². The van der Waals surface area contributed by atoms with Crippen LogP contribution in [-0.2, 0) is 10.0 Å². The van der Waals surface area contributed by atoms with E-state index in [1.54, 1.807) is 19.1 Å². The Morgan fingerprint density at radius 1 is 1.19 bits per heavy atom. The largest absolute Gasteiger partial charge is 0.336 e. The van der Waals surface area contributed by atoms with E-state index in [0.29, 0.717) is 5.56 Å². The van der Waals surface area contributed by atoms with Crippen LogP contribution in [0.1, 0.15) is 15.9 Å². The number of hydrogen-bond acceptors (Lipinski definition) is 6. The minimum atomic E-state index is -3.66. The van der Waals surface area contributed by atoms with Gasteiger partial charge in [-0.05, 0) is 25.1 Å². The standard InChI is InChI=1S/C17H18N4O5S/c1-13-4-5-14(11-16(13)21(23)24)17(22)19-7-9-20(10-8-19)27(25,26)15-3-2-6-18-12-15/h2-6,11-12H,7-10H2,1H3. The van der Waals surface area contributed by atoms with E-state index in [2.05, 4.69) is 4.98 Å². The van der Waals surface area contributed by atoms with Crippen molar-refractivity contribution >= 4 is 21.6 Å². The van der Waals surface area contributed by atoms with Crippen LogP contribution in [0.2, 0.25) is 0 Å². The highest BCUT2D eigenvalue weighted by atomic mass is 32.2. The van der Waals surface area contributed by atoms with Crippen molar-refractivity contribution in [1.82, 2.24) is 14.2 Å². The predicted octanol–water partition coefficient (Wildman–Crippen LogP) is 1.44. The molecule has 3 rings (SSSR count). The molecule has 1 aromatic heterocycles. The van der Waals surface area contributed by atoms with Crippen LogP contribution in [0, 0.1) is 17.0 Å². The molecule has 2 heterocycles. The van der Waals surface area contributed by atoms with E-state index in [1.165, 1.54) is 39.8 Å². The molecular weight excluding hydrogens is 372 g/mol. The lowest BCUT2D eigenvalue weighted by Gasteiger charge is -2.34. The molecule has 142 valence electrons. The maximum absolute atomic E-state index is 12.6. The van der Waals surface area contributed by atoms with Gasteiger partial charge in [0.2, 0.25) is 10.0 Å². The summed E-state index contributed by atoms with van der Waals surface area (Å²) in [6.45, 7) is 2.32. The van der Waals surface area contributed by atoms with E-state index < -0.39 is 14.9 Å². The van der Waals surface area contributed by atoms with Gasteiger partial charge in [0.05, 0.1) is 4.92 Å². The molecule has 0 bridgehead atoms. The molecule has 10 heteroatoms. The number of nitrogens with zero attached hydrogens (tertiary/aromatic N) is 4. The van der Waals surface area contributed by atoms with E-state index in [0.717, 1.165) is 0 Å². The third kappa shape index (κ3) is 3.81. The lowest BCUT2D eigenvalue weighted by Crippen LogP contribution is -2.50. The molecule has 0 N–H and O–H groups in total. The van der Waals surface area contributed by atoms with Crippen LogP contribution in [0.4, 0.5) is 5.69 Å². The Bertz CT molecular complexity index is 970. The molecule has 1 fully saturated rings. The van der Waals surface area contributed by atoms with E-state index in [1.807, 2.05) is 0 Å². The van der Waals surface area contributed by atoms with Gasteiger partial charge in [-0.15, -0.1) is 0 Å². The first kappa shape index (κ1) is 18.9. The van der Waals surface area contributed by atoms with Crippen LogP contribution < -0.4 is 0 Å². The maximum Gasteiger partial charge on any atom is 0.273 e. The molecule has 2 aromatic rings. The van der Waals surface area contributed by atoms with Gasteiger partial charge in [-0.1, -0.05) is 6.07 Å². The molecule has 1 aliphatic rings. The number of nitro groups is 1. The van der Waals surface area contributed by atoms with Gasteiger partial charge in [0.25, 0.3) is 11.6 Å². The molecule has 9 nitrogen and oxygen atoms in total.